The van der Waals surface area contributed by atoms with Crippen LogP contribution in [-0.4, -0.2) is 67.3 Å². The molecule has 2 aliphatic carbocycles. The summed E-state index contributed by atoms with van der Waals surface area (Å²) in [6.45, 7) is 6.45. The zero-order chi connectivity index (χ0) is 27.5. The van der Waals surface area contributed by atoms with Crippen LogP contribution in [0.4, 0.5) is 4.79 Å². The highest BCUT2D eigenvalue weighted by atomic mass is 16.6. The van der Waals surface area contributed by atoms with Crippen molar-refractivity contribution < 1.29 is 23.9 Å². The normalized spacial score (nSPS) is 19.7. The van der Waals surface area contributed by atoms with Crippen LogP contribution in [-0.2, 0) is 19.1 Å². The van der Waals surface area contributed by atoms with Gasteiger partial charge in [0.25, 0.3) is 5.91 Å². The smallest absolute Gasteiger partial charge is 0.410 e. The Bertz CT molecular complexity index is 1210. The van der Waals surface area contributed by atoms with Crippen molar-refractivity contribution in [1.29, 1.82) is 0 Å². The van der Waals surface area contributed by atoms with Crippen LogP contribution in [0.15, 0.2) is 60.7 Å². The second-order valence-corrected chi connectivity index (χ2v) is 10.7. The Kier molecular flexibility index (Phi) is 8.02. The summed E-state index contributed by atoms with van der Waals surface area (Å²) in [7, 11) is 1.48. The molecule has 2 aromatic carbocycles. The van der Waals surface area contributed by atoms with E-state index in [9.17, 15) is 14.4 Å². The van der Waals surface area contributed by atoms with Crippen LogP contribution in [0.5, 0.6) is 0 Å². The molecule has 3 atom stereocenters. The number of carbonyl (C=O) groups excluding carboxylic acids is 3. The van der Waals surface area contributed by atoms with Gasteiger partial charge in [0.15, 0.2) is 6.10 Å². The predicted octanol–water partition coefficient (Wildman–Crippen LogP) is 4.14. The van der Waals surface area contributed by atoms with E-state index in [2.05, 4.69) is 41.5 Å². The molecule has 1 aliphatic heterocycles. The monoisotopic (exact) mass is 531 g/mol. The molecule has 3 aliphatic rings. The minimum Gasteiger partial charge on any atom is -0.448 e. The Labute approximate surface area is 229 Å². The second-order valence-electron chi connectivity index (χ2n) is 10.7. The largest absolute Gasteiger partial charge is 0.448 e. The molecule has 2 N–H and O–H groups in total. The number of ether oxygens (including phenoxy) is 2. The maximum absolute atomic E-state index is 13.5. The average Bonchev–Trinajstić information content (AvgIpc) is 3.57. The number of rotatable bonds is 10. The van der Waals surface area contributed by atoms with Gasteiger partial charge in [-0.15, -0.1) is 0 Å². The molecule has 2 fully saturated rings. The molecule has 1 heterocycles. The van der Waals surface area contributed by atoms with Gasteiger partial charge in [-0.3, -0.25) is 14.5 Å². The lowest BCUT2D eigenvalue weighted by Gasteiger charge is -2.29. The zero-order valence-corrected chi connectivity index (χ0v) is 22.7. The molecule has 8 nitrogen and oxygen atoms in total. The van der Waals surface area contributed by atoms with Gasteiger partial charge in [-0.25, -0.2) is 4.79 Å². The molecule has 5 rings (SSSR count). The molecule has 3 amide bonds. The number of hydrogen-bond acceptors (Lipinski definition) is 5. The van der Waals surface area contributed by atoms with E-state index < -0.39 is 24.3 Å². The molecule has 0 bridgehead atoms. The standard InChI is InChI=1S/C31H37N3O5/c1-4-9-26(28(38-3)30(36)32-20-14-15-20)33-29(35)27-16-19(2)17-34(27)31(37)39-18-25-23-12-7-5-10-21(23)22-11-6-8-13-24(22)25/h5-8,10-13,20,25-28H,2,4,9,14-18H2,1,3H3,(H,32,36)(H,33,35)/t26-,27-,28?/m0/s1. The van der Waals surface area contributed by atoms with Gasteiger partial charge in [-0.1, -0.05) is 74.0 Å². The van der Waals surface area contributed by atoms with E-state index >= 15 is 0 Å². The van der Waals surface area contributed by atoms with E-state index in [1.54, 1.807) is 0 Å². The fourth-order valence-corrected chi connectivity index (χ4v) is 5.76. The predicted molar refractivity (Wildman–Crippen MR) is 148 cm³/mol. The highest BCUT2D eigenvalue weighted by Crippen LogP contribution is 2.44. The molecule has 1 saturated heterocycles. The van der Waals surface area contributed by atoms with Crippen LogP contribution in [0.1, 0.15) is 56.1 Å². The van der Waals surface area contributed by atoms with E-state index in [-0.39, 0.29) is 36.9 Å². The van der Waals surface area contributed by atoms with Crippen molar-refractivity contribution >= 4 is 17.9 Å². The number of nitrogens with one attached hydrogen (secondary N) is 2. The Morgan fingerprint density at radius 3 is 2.28 bits per heavy atom. The van der Waals surface area contributed by atoms with Crippen molar-refractivity contribution in [3.8, 4) is 11.1 Å². The summed E-state index contributed by atoms with van der Waals surface area (Å²) in [5, 5.41) is 5.96. The number of carbonyl (C=O) groups is 3. The summed E-state index contributed by atoms with van der Waals surface area (Å²) in [5.41, 5.74) is 5.35. The van der Waals surface area contributed by atoms with Gasteiger partial charge >= 0.3 is 6.09 Å². The highest BCUT2D eigenvalue weighted by molar-refractivity contribution is 5.89. The van der Waals surface area contributed by atoms with Crippen LogP contribution in [0.3, 0.4) is 0 Å². The summed E-state index contributed by atoms with van der Waals surface area (Å²) >= 11 is 0. The van der Waals surface area contributed by atoms with E-state index in [1.807, 2.05) is 31.2 Å². The minimum absolute atomic E-state index is 0.0687. The minimum atomic E-state index is -0.804. The Morgan fingerprint density at radius 1 is 1.05 bits per heavy atom. The number of amides is 3. The van der Waals surface area contributed by atoms with Crippen LogP contribution < -0.4 is 10.6 Å². The van der Waals surface area contributed by atoms with Crippen molar-refractivity contribution in [3.63, 3.8) is 0 Å². The summed E-state index contributed by atoms with van der Waals surface area (Å²) in [6.07, 6.45) is 2.26. The van der Waals surface area contributed by atoms with Crippen LogP contribution in [0.25, 0.3) is 11.1 Å². The maximum atomic E-state index is 13.5. The van der Waals surface area contributed by atoms with Gasteiger partial charge in [0.1, 0.15) is 12.6 Å². The van der Waals surface area contributed by atoms with Crippen molar-refractivity contribution in [3.05, 3.63) is 71.8 Å². The fraction of sp³-hybridized carbons (Fsp3) is 0.452. The van der Waals surface area contributed by atoms with Gasteiger partial charge in [0.2, 0.25) is 5.91 Å². The first-order valence-electron chi connectivity index (χ1n) is 13.8. The Balaban J connectivity index is 1.26. The lowest BCUT2D eigenvalue weighted by molar-refractivity contribution is -0.135. The number of likely N-dealkylation sites (tertiary alicyclic amines) is 1. The lowest BCUT2D eigenvalue weighted by Crippen LogP contribution is -2.55. The van der Waals surface area contributed by atoms with Gasteiger partial charge in [0, 0.05) is 25.6 Å². The maximum Gasteiger partial charge on any atom is 0.410 e. The van der Waals surface area contributed by atoms with Crippen LogP contribution in [0, 0.1) is 0 Å². The van der Waals surface area contributed by atoms with Crippen molar-refractivity contribution in [2.75, 3.05) is 20.3 Å². The van der Waals surface area contributed by atoms with Crippen molar-refractivity contribution in [1.82, 2.24) is 15.5 Å². The van der Waals surface area contributed by atoms with Gasteiger partial charge < -0.3 is 20.1 Å². The third-order valence-corrected chi connectivity index (χ3v) is 7.85. The summed E-state index contributed by atoms with van der Waals surface area (Å²) in [4.78, 5) is 41.0. The third-order valence-electron chi connectivity index (χ3n) is 7.85. The van der Waals surface area contributed by atoms with Gasteiger partial charge in [-0.2, -0.15) is 0 Å². The molecule has 1 unspecified atom stereocenters. The Hall–Kier alpha value is -3.65. The van der Waals surface area contributed by atoms with Crippen LogP contribution in [0.2, 0.25) is 0 Å². The van der Waals surface area contributed by atoms with E-state index in [0.717, 1.165) is 47.1 Å². The molecular weight excluding hydrogens is 494 g/mol. The molecule has 0 radical (unpaired) electrons. The lowest BCUT2D eigenvalue weighted by atomic mass is 9.98. The average molecular weight is 532 g/mol. The molecular formula is C31H37N3O5. The topological polar surface area (TPSA) is 97.0 Å². The molecule has 1 saturated carbocycles. The summed E-state index contributed by atoms with van der Waals surface area (Å²) < 4.78 is 11.4. The highest BCUT2D eigenvalue weighted by Gasteiger charge is 2.40. The molecule has 0 aromatic heterocycles. The molecule has 2 aromatic rings. The number of methoxy groups -OCH3 is 1. The molecule has 39 heavy (non-hydrogen) atoms. The summed E-state index contributed by atoms with van der Waals surface area (Å²) in [5.74, 6) is -0.620. The zero-order valence-electron chi connectivity index (χ0n) is 22.7. The fourth-order valence-electron chi connectivity index (χ4n) is 5.76. The third kappa shape index (κ3) is 5.71. The second kappa shape index (κ2) is 11.6. The number of hydrogen-bond donors (Lipinski definition) is 2. The Morgan fingerprint density at radius 2 is 1.69 bits per heavy atom. The van der Waals surface area contributed by atoms with Crippen molar-refractivity contribution in [2.24, 2.45) is 0 Å². The van der Waals surface area contributed by atoms with Crippen LogP contribution >= 0.6 is 0 Å². The first-order valence-corrected chi connectivity index (χ1v) is 13.8. The van der Waals surface area contributed by atoms with E-state index in [0.29, 0.717) is 12.8 Å². The number of nitrogens with zero attached hydrogens (tertiary/aromatic N) is 1. The first-order chi connectivity index (χ1) is 18.9. The number of fused-ring (bicyclic) bond motifs is 3. The molecule has 206 valence electrons. The van der Waals surface area contributed by atoms with E-state index in [4.69, 9.17) is 9.47 Å². The quantitative estimate of drug-likeness (QED) is 0.449. The number of benzene rings is 2. The van der Waals surface area contributed by atoms with Gasteiger partial charge in [0.05, 0.1) is 6.04 Å². The molecule has 8 heteroatoms. The van der Waals surface area contributed by atoms with Crippen molar-refractivity contribution in [2.45, 2.75) is 69.2 Å². The van der Waals surface area contributed by atoms with Gasteiger partial charge in [-0.05, 0) is 47.9 Å². The van der Waals surface area contributed by atoms with E-state index in [1.165, 1.54) is 12.0 Å². The SMILES string of the molecule is C=C1C[C@@H](C(=O)N[C@@H](CCC)C(OC)C(=O)NC2CC2)N(C(=O)OCC2c3ccccc3-c3ccccc32)C1. The first kappa shape index (κ1) is 26.9. The summed E-state index contributed by atoms with van der Waals surface area (Å²) in [6, 6.07) is 15.3. The molecule has 0 spiro atoms.